The van der Waals surface area contributed by atoms with Gasteiger partial charge in [-0.25, -0.2) is 10.1 Å². The molecule has 0 aliphatic heterocycles. The van der Waals surface area contributed by atoms with Crippen molar-refractivity contribution >= 4 is 6.09 Å². The number of amides is 1. The summed E-state index contributed by atoms with van der Waals surface area (Å²) in [5, 5.41) is 2.24. The standard InChI is InChI=1S/C8H14N2O2/c1-8(2,3)12-7(11)10-6-4-5-9/h5,9H2,1-3H3,(H,10,11). The van der Waals surface area contributed by atoms with Gasteiger partial charge in [0.05, 0.1) is 6.54 Å². The lowest BCUT2D eigenvalue weighted by Gasteiger charge is -2.18. The van der Waals surface area contributed by atoms with E-state index in [1.807, 2.05) is 0 Å². The molecule has 0 spiro atoms. The van der Waals surface area contributed by atoms with Crippen LogP contribution in [0.4, 0.5) is 4.79 Å². The predicted octanol–water partition coefficient (Wildman–Crippen LogP) is 0.431. The first-order chi connectivity index (χ1) is 5.45. The van der Waals surface area contributed by atoms with Crippen LogP contribution in [-0.2, 0) is 4.74 Å². The number of carbonyl (C=O) groups excluding carboxylic acids is 1. The van der Waals surface area contributed by atoms with E-state index in [0.29, 0.717) is 0 Å². The fraction of sp³-hybridized carbons (Fsp3) is 0.625. The summed E-state index contributed by atoms with van der Waals surface area (Å²) in [6, 6.07) is 2.36. The zero-order chi connectivity index (χ0) is 9.61. The zero-order valence-corrected chi connectivity index (χ0v) is 7.60. The molecule has 0 unspecified atom stereocenters. The fourth-order valence-electron chi connectivity index (χ4n) is 0.450. The van der Waals surface area contributed by atoms with Crippen LogP contribution in [0.1, 0.15) is 20.8 Å². The fourth-order valence-corrected chi connectivity index (χ4v) is 0.450. The van der Waals surface area contributed by atoms with Gasteiger partial charge in [0.25, 0.3) is 0 Å². The van der Waals surface area contributed by atoms with Gasteiger partial charge >= 0.3 is 6.09 Å². The van der Waals surface area contributed by atoms with E-state index in [1.54, 1.807) is 20.8 Å². The lowest BCUT2D eigenvalue weighted by Crippen LogP contribution is -2.30. The van der Waals surface area contributed by atoms with Gasteiger partial charge in [0.2, 0.25) is 0 Å². The molecule has 12 heavy (non-hydrogen) atoms. The van der Waals surface area contributed by atoms with Crippen LogP contribution >= 0.6 is 0 Å². The molecule has 0 atom stereocenters. The van der Waals surface area contributed by atoms with Gasteiger partial charge < -0.3 is 10.5 Å². The maximum atomic E-state index is 10.9. The Balaban J connectivity index is 3.76. The molecule has 0 saturated heterocycles. The highest BCUT2D eigenvalue weighted by molar-refractivity contribution is 5.69. The predicted molar refractivity (Wildman–Crippen MR) is 46.2 cm³/mol. The Morgan fingerprint density at radius 3 is 2.58 bits per heavy atom. The summed E-state index contributed by atoms with van der Waals surface area (Å²) in [5.41, 5.74) is 4.58. The van der Waals surface area contributed by atoms with Gasteiger partial charge in [0.1, 0.15) is 5.60 Å². The molecule has 0 aliphatic carbocycles. The number of carbonyl (C=O) groups is 1. The minimum Gasteiger partial charge on any atom is -0.443 e. The Hall–Kier alpha value is -1.21. The molecule has 1 amide bonds. The number of ether oxygens (including phenoxy) is 1. The van der Waals surface area contributed by atoms with Crippen molar-refractivity contribution < 1.29 is 9.53 Å². The van der Waals surface area contributed by atoms with E-state index in [2.05, 4.69) is 17.3 Å². The largest absolute Gasteiger partial charge is 0.443 e. The maximum absolute atomic E-state index is 10.9. The van der Waals surface area contributed by atoms with Gasteiger partial charge in [-0.2, -0.15) is 0 Å². The SMILES string of the molecule is CC(C)(C)OC(=O)NC#CCN. The molecule has 0 rings (SSSR count). The van der Waals surface area contributed by atoms with Crippen LogP contribution in [0.5, 0.6) is 0 Å². The molecule has 0 radical (unpaired) electrons. The van der Waals surface area contributed by atoms with Gasteiger partial charge in [-0.15, -0.1) is 0 Å². The van der Waals surface area contributed by atoms with Crippen molar-refractivity contribution in [3.05, 3.63) is 0 Å². The van der Waals surface area contributed by atoms with Crippen LogP contribution in [0.25, 0.3) is 0 Å². The normalized spacial score (nSPS) is 9.67. The van der Waals surface area contributed by atoms with Crippen LogP contribution in [0.3, 0.4) is 0 Å². The minimum absolute atomic E-state index is 0.218. The lowest BCUT2D eigenvalue weighted by atomic mass is 10.2. The van der Waals surface area contributed by atoms with Gasteiger partial charge in [-0.3, -0.25) is 0 Å². The number of nitrogens with two attached hydrogens (primary N) is 1. The third-order valence-corrected chi connectivity index (χ3v) is 0.754. The molecule has 3 N–H and O–H groups in total. The van der Waals surface area contributed by atoms with Gasteiger partial charge in [0.15, 0.2) is 0 Å². The van der Waals surface area contributed by atoms with Crippen LogP contribution in [0.15, 0.2) is 0 Å². The highest BCUT2D eigenvalue weighted by Crippen LogP contribution is 2.05. The summed E-state index contributed by atoms with van der Waals surface area (Å²) in [4.78, 5) is 10.9. The van der Waals surface area contributed by atoms with Crippen molar-refractivity contribution in [2.24, 2.45) is 5.73 Å². The van der Waals surface area contributed by atoms with Crippen LogP contribution in [-0.4, -0.2) is 18.2 Å². The molecule has 0 aliphatic rings. The molecule has 0 saturated carbocycles. The Morgan fingerprint density at radius 2 is 2.17 bits per heavy atom. The molecule has 4 heteroatoms. The summed E-state index contributed by atoms with van der Waals surface area (Å²) < 4.78 is 4.89. The van der Waals surface area contributed by atoms with Gasteiger partial charge in [-0.1, -0.05) is 5.92 Å². The Labute approximate surface area is 72.5 Å². The van der Waals surface area contributed by atoms with E-state index in [1.165, 1.54) is 0 Å². The second-order valence-electron chi connectivity index (χ2n) is 3.13. The highest BCUT2D eigenvalue weighted by Gasteiger charge is 2.14. The molecule has 4 nitrogen and oxygen atoms in total. The van der Waals surface area contributed by atoms with E-state index in [4.69, 9.17) is 10.5 Å². The van der Waals surface area contributed by atoms with Crippen molar-refractivity contribution in [2.75, 3.05) is 6.54 Å². The highest BCUT2D eigenvalue weighted by atomic mass is 16.6. The quantitative estimate of drug-likeness (QED) is 0.409. The lowest BCUT2D eigenvalue weighted by molar-refractivity contribution is 0.0557. The van der Waals surface area contributed by atoms with Crippen LogP contribution in [0.2, 0.25) is 0 Å². The number of hydrogen-bond donors (Lipinski definition) is 2. The minimum atomic E-state index is -0.552. The Kier molecular flexibility index (Phi) is 4.16. The second kappa shape index (κ2) is 4.62. The van der Waals surface area contributed by atoms with Crippen LogP contribution in [0, 0.1) is 12.0 Å². The Bertz CT molecular complexity index is 207. The van der Waals surface area contributed by atoms with Gasteiger partial charge in [-0.05, 0) is 20.8 Å². The molecule has 0 heterocycles. The first-order valence-electron chi connectivity index (χ1n) is 3.62. The average Bonchev–Trinajstić information content (AvgIpc) is 1.84. The third kappa shape index (κ3) is 6.90. The molecule has 0 fully saturated rings. The zero-order valence-electron chi connectivity index (χ0n) is 7.60. The summed E-state index contributed by atoms with van der Waals surface area (Å²) >= 11 is 0. The van der Waals surface area contributed by atoms with Crippen molar-refractivity contribution in [3.8, 4) is 12.0 Å². The van der Waals surface area contributed by atoms with Crippen molar-refractivity contribution in [2.45, 2.75) is 26.4 Å². The number of rotatable bonds is 0. The van der Waals surface area contributed by atoms with Gasteiger partial charge in [0, 0.05) is 6.04 Å². The van der Waals surface area contributed by atoms with E-state index in [9.17, 15) is 4.79 Å². The first-order valence-corrected chi connectivity index (χ1v) is 3.62. The van der Waals surface area contributed by atoms with E-state index in [0.717, 1.165) is 0 Å². The number of nitrogens with one attached hydrogen (secondary N) is 1. The Morgan fingerprint density at radius 1 is 1.58 bits per heavy atom. The van der Waals surface area contributed by atoms with Crippen LogP contribution < -0.4 is 11.1 Å². The molecule has 68 valence electrons. The van der Waals surface area contributed by atoms with E-state index < -0.39 is 11.7 Å². The molecule has 0 aromatic heterocycles. The first kappa shape index (κ1) is 10.8. The average molecular weight is 170 g/mol. The van der Waals surface area contributed by atoms with Crippen molar-refractivity contribution in [1.82, 2.24) is 5.32 Å². The number of alkyl carbamates (subject to hydrolysis) is 1. The topological polar surface area (TPSA) is 64.3 Å². The smallest absolute Gasteiger partial charge is 0.419 e. The summed E-state index contributed by atoms with van der Waals surface area (Å²) in [6.07, 6.45) is -0.552. The molecular weight excluding hydrogens is 156 g/mol. The van der Waals surface area contributed by atoms with Crippen molar-refractivity contribution in [1.29, 1.82) is 0 Å². The molecular formula is C8H14N2O2. The second-order valence-corrected chi connectivity index (χ2v) is 3.13. The van der Waals surface area contributed by atoms with Crippen molar-refractivity contribution in [3.63, 3.8) is 0 Å². The molecule has 0 aromatic carbocycles. The van der Waals surface area contributed by atoms with E-state index in [-0.39, 0.29) is 6.54 Å². The molecule has 0 aromatic rings. The van der Waals surface area contributed by atoms with E-state index >= 15 is 0 Å². The number of hydrogen-bond acceptors (Lipinski definition) is 3. The monoisotopic (exact) mass is 170 g/mol. The third-order valence-electron chi connectivity index (χ3n) is 0.754. The summed E-state index contributed by atoms with van der Waals surface area (Å²) in [6.45, 7) is 5.56. The molecule has 0 bridgehead atoms. The summed E-state index contributed by atoms with van der Waals surface area (Å²) in [5.74, 6) is 2.48. The maximum Gasteiger partial charge on any atom is 0.419 e. The summed E-state index contributed by atoms with van der Waals surface area (Å²) in [7, 11) is 0.